The van der Waals surface area contributed by atoms with Crippen LogP contribution in [-0.4, -0.2) is 61.3 Å². The van der Waals surface area contributed by atoms with Gasteiger partial charge in [-0.15, -0.1) is 0 Å². The molecule has 2 aromatic carbocycles. The van der Waals surface area contributed by atoms with Gasteiger partial charge in [-0.25, -0.2) is 4.39 Å². The van der Waals surface area contributed by atoms with Gasteiger partial charge in [-0.2, -0.15) is 0 Å². The van der Waals surface area contributed by atoms with Crippen LogP contribution in [-0.2, 0) is 13.1 Å². The Kier molecular flexibility index (Phi) is 10.8. The summed E-state index contributed by atoms with van der Waals surface area (Å²) in [5.41, 5.74) is 8.71. The van der Waals surface area contributed by atoms with E-state index in [1.165, 1.54) is 30.5 Å². The summed E-state index contributed by atoms with van der Waals surface area (Å²) < 4.78 is 12.1. The van der Waals surface area contributed by atoms with Crippen LogP contribution < -0.4 is 11.1 Å². The summed E-state index contributed by atoms with van der Waals surface area (Å²) in [6.07, 6.45) is 2.47. The predicted octanol–water partition coefficient (Wildman–Crippen LogP) is 4.31. The van der Waals surface area contributed by atoms with E-state index in [0.29, 0.717) is 30.5 Å². The minimum atomic E-state index is -0.273. The molecule has 2 aliphatic heterocycles. The summed E-state index contributed by atoms with van der Waals surface area (Å²) in [7, 11) is 0. The van der Waals surface area contributed by atoms with Gasteiger partial charge in [0.25, 0.3) is 0 Å². The molecule has 0 bridgehead atoms. The zero-order chi connectivity index (χ0) is 23.5. The van der Waals surface area contributed by atoms with Gasteiger partial charge in [0.15, 0.2) is 0 Å². The zero-order valence-corrected chi connectivity index (χ0v) is 20.5. The van der Waals surface area contributed by atoms with Gasteiger partial charge in [-0.1, -0.05) is 60.7 Å². The maximum absolute atomic E-state index is 12.1. The molecule has 0 radical (unpaired) electrons. The van der Waals surface area contributed by atoms with Gasteiger partial charge in [0.2, 0.25) is 0 Å². The van der Waals surface area contributed by atoms with Crippen molar-refractivity contribution in [1.29, 1.82) is 0 Å². The van der Waals surface area contributed by atoms with Crippen molar-refractivity contribution < 1.29 is 4.39 Å². The molecule has 0 saturated carbocycles. The standard InChI is InChI=1S/C15H23FN2.C13H20N2/c1-13(17-9-8-16)15-7-10-18(12-15)11-14-5-3-2-4-6-14;1-11(14)13-7-8-15(10-13)9-12-5-3-2-4-6-12/h2-6,13,15,17H,7-12H2,1H3;2-6,11,13H,7-10,14H2,1H3/t13-,15+;11-,13+/m00/s1. The Balaban J connectivity index is 0.000000189. The quantitative estimate of drug-likeness (QED) is 0.593. The topological polar surface area (TPSA) is 44.5 Å². The van der Waals surface area contributed by atoms with Crippen LogP contribution >= 0.6 is 0 Å². The molecular weight excluding hydrogens is 411 g/mol. The minimum absolute atomic E-state index is 0.273. The highest BCUT2D eigenvalue weighted by Crippen LogP contribution is 2.22. The van der Waals surface area contributed by atoms with Crippen LogP contribution in [0.5, 0.6) is 0 Å². The minimum Gasteiger partial charge on any atom is -0.328 e. The van der Waals surface area contributed by atoms with Gasteiger partial charge in [0.05, 0.1) is 0 Å². The SMILES string of the molecule is C[C@H](N)[C@@H]1CCN(Cc2ccccc2)C1.C[C@H](NCCF)[C@@H]1CCN(Cc2ccccc2)C1. The lowest BCUT2D eigenvalue weighted by molar-refractivity contribution is 0.294. The lowest BCUT2D eigenvalue weighted by Crippen LogP contribution is -2.36. The van der Waals surface area contributed by atoms with Crippen molar-refractivity contribution in [3.8, 4) is 0 Å². The van der Waals surface area contributed by atoms with Crippen LogP contribution in [0.25, 0.3) is 0 Å². The molecule has 3 N–H and O–H groups in total. The first-order valence-electron chi connectivity index (χ1n) is 12.6. The van der Waals surface area contributed by atoms with Crippen LogP contribution in [0.3, 0.4) is 0 Å². The number of hydrogen-bond donors (Lipinski definition) is 2. The van der Waals surface area contributed by atoms with Crippen LogP contribution in [0.15, 0.2) is 60.7 Å². The number of likely N-dealkylation sites (tertiary alicyclic amines) is 2. The van der Waals surface area contributed by atoms with Crippen molar-refractivity contribution in [2.24, 2.45) is 17.6 Å². The van der Waals surface area contributed by atoms with E-state index in [1.54, 1.807) is 0 Å². The number of nitrogens with zero attached hydrogens (tertiary/aromatic N) is 2. The third-order valence-electron chi connectivity index (χ3n) is 7.13. The second-order valence-electron chi connectivity index (χ2n) is 9.83. The van der Waals surface area contributed by atoms with Gasteiger partial charge in [0, 0.05) is 44.8 Å². The Morgan fingerprint density at radius 1 is 0.848 bits per heavy atom. The lowest BCUT2D eigenvalue weighted by atomic mass is 10.0. The molecule has 0 aliphatic carbocycles. The van der Waals surface area contributed by atoms with E-state index in [0.717, 1.165) is 32.7 Å². The van der Waals surface area contributed by atoms with Gasteiger partial charge >= 0.3 is 0 Å². The summed E-state index contributed by atoms with van der Waals surface area (Å²) in [6, 6.07) is 22.0. The Hall–Kier alpha value is -1.79. The number of halogens is 1. The summed E-state index contributed by atoms with van der Waals surface area (Å²) in [5, 5.41) is 3.26. The van der Waals surface area contributed by atoms with E-state index >= 15 is 0 Å². The molecule has 0 aromatic heterocycles. The first kappa shape index (κ1) is 25.8. The van der Waals surface area contributed by atoms with Gasteiger partial charge in [0.1, 0.15) is 6.67 Å². The molecule has 2 saturated heterocycles. The molecule has 182 valence electrons. The fraction of sp³-hybridized carbons (Fsp3) is 0.571. The zero-order valence-electron chi connectivity index (χ0n) is 20.5. The Bertz CT molecular complexity index is 770. The van der Waals surface area contributed by atoms with Crippen molar-refractivity contribution >= 4 is 0 Å². The largest absolute Gasteiger partial charge is 0.328 e. The molecule has 0 unspecified atom stereocenters. The average Bonchev–Trinajstić information content (AvgIpc) is 3.49. The first-order valence-corrected chi connectivity index (χ1v) is 12.6. The van der Waals surface area contributed by atoms with Crippen LogP contribution in [0.1, 0.15) is 37.8 Å². The smallest absolute Gasteiger partial charge is 0.102 e. The number of hydrogen-bond acceptors (Lipinski definition) is 4. The second-order valence-corrected chi connectivity index (χ2v) is 9.83. The molecule has 33 heavy (non-hydrogen) atoms. The van der Waals surface area contributed by atoms with Gasteiger partial charge < -0.3 is 11.1 Å². The maximum atomic E-state index is 12.1. The summed E-state index contributed by atoms with van der Waals surface area (Å²) in [5.74, 6) is 1.34. The Labute approximate surface area is 200 Å². The number of alkyl halides is 1. The molecule has 2 aromatic rings. The average molecular weight is 455 g/mol. The van der Waals surface area contributed by atoms with Crippen molar-refractivity contribution in [1.82, 2.24) is 15.1 Å². The van der Waals surface area contributed by atoms with E-state index in [1.807, 2.05) is 0 Å². The summed E-state index contributed by atoms with van der Waals surface area (Å²) in [4.78, 5) is 5.00. The second kappa shape index (κ2) is 13.8. The van der Waals surface area contributed by atoms with Crippen molar-refractivity contribution in [2.45, 2.75) is 51.9 Å². The Morgan fingerprint density at radius 3 is 1.79 bits per heavy atom. The van der Waals surface area contributed by atoms with E-state index in [4.69, 9.17) is 5.73 Å². The molecule has 4 atom stereocenters. The van der Waals surface area contributed by atoms with Crippen molar-refractivity contribution in [3.05, 3.63) is 71.8 Å². The fourth-order valence-electron chi connectivity index (χ4n) is 4.98. The molecule has 2 aliphatic rings. The molecule has 4 rings (SSSR count). The van der Waals surface area contributed by atoms with Gasteiger partial charge in [-0.05, 0) is 62.7 Å². The monoisotopic (exact) mass is 454 g/mol. The highest BCUT2D eigenvalue weighted by molar-refractivity contribution is 5.15. The van der Waals surface area contributed by atoms with E-state index in [2.05, 4.69) is 89.6 Å². The third kappa shape index (κ3) is 8.82. The van der Waals surface area contributed by atoms with Gasteiger partial charge in [-0.3, -0.25) is 9.80 Å². The molecule has 2 fully saturated rings. The van der Waals surface area contributed by atoms with E-state index < -0.39 is 0 Å². The molecule has 5 heteroatoms. The third-order valence-corrected chi connectivity index (χ3v) is 7.13. The Morgan fingerprint density at radius 2 is 1.33 bits per heavy atom. The number of rotatable bonds is 9. The van der Waals surface area contributed by atoms with Crippen LogP contribution in [0.2, 0.25) is 0 Å². The van der Waals surface area contributed by atoms with Crippen molar-refractivity contribution in [2.75, 3.05) is 39.4 Å². The molecule has 0 spiro atoms. The van der Waals surface area contributed by atoms with Crippen LogP contribution in [0, 0.1) is 11.8 Å². The molecule has 0 amide bonds. The molecule has 4 nitrogen and oxygen atoms in total. The van der Waals surface area contributed by atoms with E-state index in [9.17, 15) is 4.39 Å². The fourth-order valence-corrected chi connectivity index (χ4v) is 4.98. The first-order chi connectivity index (χ1) is 16.0. The lowest BCUT2D eigenvalue weighted by Gasteiger charge is -2.21. The summed E-state index contributed by atoms with van der Waals surface area (Å²) in [6.45, 7) is 11.2. The predicted molar refractivity (Wildman–Crippen MR) is 137 cm³/mol. The van der Waals surface area contributed by atoms with Crippen molar-refractivity contribution in [3.63, 3.8) is 0 Å². The highest BCUT2D eigenvalue weighted by Gasteiger charge is 2.26. The number of nitrogens with two attached hydrogens (primary N) is 1. The number of nitrogens with one attached hydrogen (secondary N) is 1. The molecule has 2 heterocycles. The number of benzene rings is 2. The summed E-state index contributed by atoms with van der Waals surface area (Å²) >= 11 is 0. The maximum Gasteiger partial charge on any atom is 0.102 e. The van der Waals surface area contributed by atoms with E-state index in [-0.39, 0.29) is 6.67 Å². The highest BCUT2D eigenvalue weighted by atomic mass is 19.1. The molecular formula is C28H43FN4. The normalized spacial score (nSPS) is 23.2. The van der Waals surface area contributed by atoms with Crippen LogP contribution in [0.4, 0.5) is 4.39 Å².